The van der Waals surface area contributed by atoms with Crippen LogP contribution in [0.1, 0.15) is 52.9 Å². The van der Waals surface area contributed by atoms with Gasteiger partial charge >= 0.3 is 0 Å². The zero-order chi connectivity index (χ0) is 11.0. The molecule has 5 unspecified atom stereocenters. The van der Waals surface area contributed by atoms with Gasteiger partial charge in [0.1, 0.15) is 0 Å². The zero-order valence-electron chi connectivity index (χ0n) is 10.6. The first-order valence-corrected chi connectivity index (χ1v) is 6.76. The Hall–Kier alpha value is -0.260. The minimum Gasteiger partial charge on any atom is -0.0999 e. The van der Waals surface area contributed by atoms with Gasteiger partial charge in [-0.3, -0.25) is 0 Å². The Balaban J connectivity index is 2.13. The van der Waals surface area contributed by atoms with Crippen LogP contribution in [-0.2, 0) is 0 Å². The predicted octanol–water partition coefficient (Wildman–Crippen LogP) is 4.66. The van der Waals surface area contributed by atoms with E-state index >= 15 is 0 Å². The van der Waals surface area contributed by atoms with Gasteiger partial charge in [-0.2, -0.15) is 0 Å². The number of hydrogen-bond acceptors (Lipinski definition) is 0. The van der Waals surface area contributed by atoms with Crippen molar-refractivity contribution in [2.75, 3.05) is 0 Å². The van der Waals surface area contributed by atoms with Gasteiger partial charge in [-0.25, -0.2) is 0 Å². The minimum atomic E-state index is 0.812. The molecule has 2 fully saturated rings. The Morgan fingerprint density at radius 1 is 1.07 bits per heavy atom. The Labute approximate surface area is 95.1 Å². The van der Waals surface area contributed by atoms with Crippen LogP contribution in [0.2, 0.25) is 0 Å². The van der Waals surface area contributed by atoms with Crippen molar-refractivity contribution in [1.82, 2.24) is 0 Å². The summed E-state index contributed by atoms with van der Waals surface area (Å²) in [5.41, 5.74) is 1.43. The van der Waals surface area contributed by atoms with E-state index in [0.717, 1.165) is 29.6 Å². The van der Waals surface area contributed by atoms with Crippen LogP contribution in [0.4, 0.5) is 0 Å². The second kappa shape index (κ2) is 4.31. The number of fused-ring (bicyclic) bond motifs is 1. The van der Waals surface area contributed by atoms with Crippen molar-refractivity contribution >= 4 is 0 Å². The van der Waals surface area contributed by atoms with E-state index < -0.39 is 0 Å². The van der Waals surface area contributed by atoms with Crippen molar-refractivity contribution in [3.05, 3.63) is 12.2 Å². The fourth-order valence-corrected chi connectivity index (χ4v) is 4.46. The summed E-state index contributed by atoms with van der Waals surface area (Å²) in [6.07, 6.45) is 7.32. The van der Waals surface area contributed by atoms with Gasteiger partial charge in [-0.15, -0.1) is 0 Å². The van der Waals surface area contributed by atoms with Gasteiger partial charge in [0.15, 0.2) is 0 Å². The van der Waals surface area contributed by atoms with Crippen LogP contribution < -0.4 is 0 Å². The van der Waals surface area contributed by atoms with E-state index in [1.165, 1.54) is 37.7 Å². The average molecular weight is 206 g/mol. The second-order valence-corrected chi connectivity index (χ2v) is 6.13. The average Bonchev–Trinajstić information content (AvgIpc) is 2.17. The molecule has 0 aromatic carbocycles. The maximum Gasteiger partial charge on any atom is -0.0180 e. The summed E-state index contributed by atoms with van der Waals surface area (Å²) < 4.78 is 0. The molecule has 0 heterocycles. The smallest absolute Gasteiger partial charge is 0.0180 e. The number of hydrogen-bond donors (Lipinski definition) is 0. The topological polar surface area (TPSA) is 0 Å². The Bertz CT molecular complexity index is 240. The number of allylic oxidation sites excluding steroid dienone is 1. The Morgan fingerprint density at radius 3 is 2.47 bits per heavy atom. The van der Waals surface area contributed by atoms with Crippen LogP contribution in [0.3, 0.4) is 0 Å². The van der Waals surface area contributed by atoms with Gasteiger partial charge in [0.05, 0.1) is 0 Å². The molecule has 0 N–H and O–H groups in total. The molecule has 0 bridgehead atoms. The van der Waals surface area contributed by atoms with Gasteiger partial charge in [0, 0.05) is 0 Å². The van der Waals surface area contributed by atoms with Gasteiger partial charge in [0.25, 0.3) is 0 Å². The predicted molar refractivity (Wildman–Crippen MR) is 66.7 cm³/mol. The summed E-state index contributed by atoms with van der Waals surface area (Å²) in [4.78, 5) is 0. The zero-order valence-corrected chi connectivity index (χ0v) is 10.6. The van der Waals surface area contributed by atoms with Crippen molar-refractivity contribution in [3.8, 4) is 0 Å². The molecule has 2 rings (SSSR count). The third-order valence-corrected chi connectivity index (χ3v) is 5.16. The van der Waals surface area contributed by atoms with Crippen LogP contribution in [0.15, 0.2) is 12.2 Å². The monoisotopic (exact) mass is 206 g/mol. The Morgan fingerprint density at radius 2 is 1.80 bits per heavy atom. The quantitative estimate of drug-likeness (QED) is 0.547. The van der Waals surface area contributed by atoms with Crippen LogP contribution >= 0.6 is 0 Å². The van der Waals surface area contributed by atoms with Gasteiger partial charge < -0.3 is 0 Å². The van der Waals surface area contributed by atoms with Crippen LogP contribution in [0.25, 0.3) is 0 Å². The lowest BCUT2D eigenvalue weighted by Gasteiger charge is -2.48. The van der Waals surface area contributed by atoms with E-state index in [1.54, 1.807) is 0 Å². The molecular weight excluding hydrogens is 180 g/mol. The fourth-order valence-electron chi connectivity index (χ4n) is 4.46. The molecule has 2 saturated carbocycles. The summed E-state index contributed by atoms with van der Waals surface area (Å²) >= 11 is 0. The van der Waals surface area contributed by atoms with Crippen molar-refractivity contribution in [3.63, 3.8) is 0 Å². The molecule has 2 aliphatic rings. The molecule has 0 saturated heterocycles. The van der Waals surface area contributed by atoms with Crippen LogP contribution in [0, 0.1) is 29.6 Å². The summed E-state index contributed by atoms with van der Waals surface area (Å²) in [5, 5.41) is 0. The van der Waals surface area contributed by atoms with E-state index in [0.29, 0.717) is 0 Å². The minimum absolute atomic E-state index is 0.812. The molecule has 0 aliphatic heterocycles. The normalized spacial score (nSPS) is 45.9. The summed E-state index contributed by atoms with van der Waals surface area (Å²) in [7, 11) is 0. The van der Waals surface area contributed by atoms with E-state index in [1.807, 2.05) is 0 Å². The third kappa shape index (κ3) is 2.00. The molecule has 0 aromatic rings. The fraction of sp³-hybridized carbons (Fsp3) is 0.867. The standard InChI is InChI=1S/C15H26/c1-10(2)14-9-8-13-7-5-6-11(3)15(13)12(14)4/h11-15H,1,5-9H2,2-4H3. The highest BCUT2D eigenvalue weighted by Crippen LogP contribution is 2.50. The van der Waals surface area contributed by atoms with E-state index in [2.05, 4.69) is 27.4 Å². The lowest BCUT2D eigenvalue weighted by molar-refractivity contribution is 0.0379. The molecular formula is C15H26. The molecule has 0 aromatic heterocycles. The summed E-state index contributed by atoms with van der Waals surface area (Å²) in [6, 6.07) is 0. The van der Waals surface area contributed by atoms with Crippen LogP contribution in [0.5, 0.6) is 0 Å². The Kier molecular flexibility index (Phi) is 3.23. The van der Waals surface area contributed by atoms with Gasteiger partial charge in [0.2, 0.25) is 0 Å². The highest BCUT2D eigenvalue weighted by atomic mass is 14.5. The second-order valence-electron chi connectivity index (χ2n) is 6.13. The first kappa shape index (κ1) is 11.2. The molecule has 0 amide bonds. The molecule has 0 nitrogen and oxygen atoms in total. The largest absolute Gasteiger partial charge is 0.0999 e. The maximum atomic E-state index is 4.19. The highest BCUT2D eigenvalue weighted by molar-refractivity contribution is 5.04. The maximum absolute atomic E-state index is 4.19. The van der Waals surface area contributed by atoms with E-state index in [4.69, 9.17) is 0 Å². The van der Waals surface area contributed by atoms with E-state index in [9.17, 15) is 0 Å². The molecule has 15 heavy (non-hydrogen) atoms. The van der Waals surface area contributed by atoms with E-state index in [-0.39, 0.29) is 0 Å². The highest BCUT2D eigenvalue weighted by Gasteiger charge is 2.41. The molecule has 0 heteroatoms. The SMILES string of the molecule is C=C(C)C1CCC2CCCC(C)C2C1C. The molecule has 86 valence electrons. The van der Waals surface area contributed by atoms with Gasteiger partial charge in [-0.1, -0.05) is 45.3 Å². The molecule has 5 atom stereocenters. The lowest BCUT2D eigenvalue weighted by Crippen LogP contribution is -2.39. The van der Waals surface area contributed by atoms with Crippen LogP contribution in [-0.4, -0.2) is 0 Å². The van der Waals surface area contributed by atoms with Crippen molar-refractivity contribution in [2.24, 2.45) is 29.6 Å². The van der Waals surface area contributed by atoms with Gasteiger partial charge in [-0.05, 0) is 49.4 Å². The first-order chi connectivity index (χ1) is 7.11. The third-order valence-electron chi connectivity index (χ3n) is 5.16. The molecule has 0 radical (unpaired) electrons. The van der Waals surface area contributed by atoms with Crippen molar-refractivity contribution in [1.29, 1.82) is 0 Å². The summed E-state index contributed by atoms with van der Waals surface area (Å²) in [6.45, 7) is 11.4. The van der Waals surface area contributed by atoms with Crippen molar-refractivity contribution < 1.29 is 0 Å². The number of rotatable bonds is 1. The lowest BCUT2D eigenvalue weighted by atomic mass is 9.58. The van der Waals surface area contributed by atoms with Crippen molar-refractivity contribution in [2.45, 2.75) is 52.9 Å². The molecule has 0 spiro atoms. The first-order valence-electron chi connectivity index (χ1n) is 6.76. The molecule has 2 aliphatic carbocycles. The summed E-state index contributed by atoms with van der Waals surface area (Å²) in [5.74, 6) is 4.69.